The molecule has 0 aliphatic carbocycles. The summed E-state index contributed by atoms with van der Waals surface area (Å²) in [6, 6.07) is 2.66. The molecule has 0 aromatic heterocycles. The van der Waals surface area contributed by atoms with Crippen molar-refractivity contribution in [3.05, 3.63) is 23.3 Å². The van der Waals surface area contributed by atoms with E-state index in [4.69, 9.17) is 9.47 Å². The van der Waals surface area contributed by atoms with Crippen molar-refractivity contribution < 1.29 is 22.6 Å². The molecule has 6 heteroatoms. The van der Waals surface area contributed by atoms with Gasteiger partial charge in [0.15, 0.2) is 11.5 Å². The molecular formula is C14H16F3NO2. The Labute approximate surface area is 115 Å². The van der Waals surface area contributed by atoms with Crippen LogP contribution >= 0.6 is 0 Å². The molecule has 1 fully saturated rings. The summed E-state index contributed by atoms with van der Waals surface area (Å²) >= 11 is 0. The molecule has 0 amide bonds. The fourth-order valence-corrected chi connectivity index (χ4v) is 2.84. The highest BCUT2D eigenvalue weighted by Crippen LogP contribution is 2.47. The summed E-state index contributed by atoms with van der Waals surface area (Å²) in [5, 5.41) is 3.25. The number of alkyl halides is 3. The molecule has 0 unspecified atom stereocenters. The van der Waals surface area contributed by atoms with Crippen molar-refractivity contribution in [2.45, 2.75) is 24.9 Å². The molecule has 0 bridgehead atoms. The number of fused-ring (bicyclic) bond motifs is 1. The maximum Gasteiger partial charge on any atom is 0.420 e. The van der Waals surface area contributed by atoms with Gasteiger partial charge < -0.3 is 14.8 Å². The van der Waals surface area contributed by atoms with Gasteiger partial charge in [-0.3, -0.25) is 0 Å². The van der Waals surface area contributed by atoms with Crippen molar-refractivity contribution >= 4 is 0 Å². The maximum absolute atomic E-state index is 13.0. The van der Waals surface area contributed by atoms with E-state index < -0.39 is 11.7 Å². The van der Waals surface area contributed by atoms with Crippen LogP contribution in [0.2, 0.25) is 0 Å². The van der Waals surface area contributed by atoms with Crippen LogP contribution in [0.15, 0.2) is 12.1 Å². The first-order valence-corrected chi connectivity index (χ1v) is 6.78. The molecule has 3 rings (SSSR count). The molecule has 3 nitrogen and oxygen atoms in total. The van der Waals surface area contributed by atoms with Crippen molar-refractivity contribution in [1.82, 2.24) is 5.32 Å². The van der Waals surface area contributed by atoms with Gasteiger partial charge in [0, 0.05) is 5.56 Å². The highest BCUT2D eigenvalue weighted by molar-refractivity contribution is 5.55. The molecule has 0 spiro atoms. The van der Waals surface area contributed by atoms with Gasteiger partial charge in [-0.25, -0.2) is 0 Å². The number of ether oxygens (including phenoxy) is 2. The van der Waals surface area contributed by atoms with Crippen LogP contribution in [0.1, 0.15) is 29.9 Å². The molecule has 1 aromatic carbocycles. The van der Waals surface area contributed by atoms with Gasteiger partial charge in [0.25, 0.3) is 0 Å². The molecule has 1 saturated heterocycles. The Morgan fingerprint density at radius 2 is 1.65 bits per heavy atom. The van der Waals surface area contributed by atoms with Crippen molar-refractivity contribution in [2.24, 2.45) is 0 Å². The van der Waals surface area contributed by atoms with E-state index in [-0.39, 0.29) is 24.0 Å². The predicted octanol–water partition coefficient (Wildman–Crippen LogP) is 2.94. The quantitative estimate of drug-likeness (QED) is 0.861. The second kappa shape index (κ2) is 5.16. The summed E-state index contributed by atoms with van der Waals surface area (Å²) in [4.78, 5) is 0. The Morgan fingerprint density at radius 1 is 1.00 bits per heavy atom. The summed E-state index contributed by atoms with van der Waals surface area (Å²) in [5.41, 5.74) is 0.0964. The molecule has 0 radical (unpaired) electrons. The van der Waals surface area contributed by atoms with E-state index in [1.54, 1.807) is 6.07 Å². The van der Waals surface area contributed by atoms with E-state index in [0.717, 1.165) is 37.6 Å². The third-order valence-electron chi connectivity index (χ3n) is 3.80. The molecule has 2 aliphatic heterocycles. The number of nitrogens with one attached hydrogen (secondary N) is 1. The van der Waals surface area contributed by atoms with Gasteiger partial charge in [-0.15, -0.1) is 0 Å². The van der Waals surface area contributed by atoms with Crippen LogP contribution in [0.25, 0.3) is 0 Å². The molecule has 2 aliphatic rings. The number of hydrogen-bond donors (Lipinski definition) is 1. The van der Waals surface area contributed by atoms with Crippen LogP contribution < -0.4 is 14.8 Å². The zero-order valence-electron chi connectivity index (χ0n) is 10.9. The first kappa shape index (κ1) is 13.5. The number of benzene rings is 1. The number of piperidine rings is 1. The topological polar surface area (TPSA) is 30.5 Å². The van der Waals surface area contributed by atoms with E-state index in [9.17, 15) is 13.2 Å². The molecule has 20 heavy (non-hydrogen) atoms. The molecule has 0 atom stereocenters. The van der Waals surface area contributed by atoms with Gasteiger partial charge in [0.1, 0.15) is 18.8 Å². The van der Waals surface area contributed by atoms with Crippen LogP contribution in [-0.4, -0.2) is 26.3 Å². The SMILES string of the molecule is FC(F)(F)c1ccc(C2CCNCC2)c2c1OCCO2. The zero-order chi connectivity index (χ0) is 14.2. The average molecular weight is 287 g/mol. The number of rotatable bonds is 1. The lowest BCUT2D eigenvalue weighted by Gasteiger charge is -2.29. The zero-order valence-corrected chi connectivity index (χ0v) is 10.9. The number of halogens is 3. The van der Waals surface area contributed by atoms with Crippen molar-refractivity contribution in [2.75, 3.05) is 26.3 Å². The summed E-state index contributed by atoms with van der Waals surface area (Å²) in [6.07, 6.45) is -2.61. The largest absolute Gasteiger partial charge is 0.486 e. The third kappa shape index (κ3) is 2.44. The second-order valence-corrected chi connectivity index (χ2v) is 5.08. The average Bonchev–Trinajstić information content (AvgIpc) is 2.46. The molecule has 110 valence electrons. The van der Waals surface area contributed by atoms with E-state index in [1.165, 1.54) is 0 Å². The second-order valence-electron chi connectivity index (χ2n) is 5.08. The fourth-order valence-electron chi connectivity index (χ4n) is 2.84. The molecular weight excluding hydrogens is 271 g/mol. The Balaban J connectivity index is 2.04. The third-order valence-corrected chi connectivity index (χ3v) is 3.80. The fraction of sp³-hybridized carbons (Fsp3) is 0.571. The van der Waals surface area contributed by atoms with Gasteiger partial charge >= 0.3 is 6.18 Å². The summed E-state index contributed by atoms with van der Waals surface area (Å²) in [7, 11) is 0. The van der Waals surface area contributed by atoms with Crippen molar-refractivity contribution in [1.29, 1.82) is 0 Å². The lowest BCUT2D eigenvalue weighted by Crippen LogP contribution is -2.28. The van der Waals surface area contributed by atoms with E-state index in [0.29, 0.717) is 6.61 Å². The molecule has 1 aromatic rings. The highest BCUT2D eigenvalue weighted by atomic mass is 19.4. The monoisotopic (exact) mass is 287 g/mol. The van der Waals surface area contributed by atoms with Crippen LogP contribution in [0.3, 0.4) is 0 Å². The molecule has 2 heterocycles. The van der Waals surface area contributed by atoms with Gasteiger partial charge in [-0.05, 0) is 37.9 Å². The van der Waals surface area contributed by atoms with Gasteiger partial charge in [-0.1, -0.05) is 6.07 Å². The van der Waals surface area contributed by atoms with Gasteiger partial charge in [0.05, 0.1) is 0 Å². The first-order chi connectivity index (χ1) is 9.57. The van der Waals surface area contributed by atoms with E-state index >= 15 is 0 Å². The highest BCUT2D eigenvalue weighted by Gasteiger charge is 2.38. The number of hydrogen-bond acceptors (Lipinski definition) is 3. The summed E-state index contributed by atoms with van der Waals surface area (Å²) in [6.45, 7) is 2.21. The first-order valence-electron chi connectivity index (χ1n) is 6.78. The standard InChI is InChI=1S/C14H16F3NO2/c15-14(16,17)11-2-1-10(9-3-5-18-6-4-9)12-13(11)20-8-7-19-12/h1-2,9,18H,3-8H2. The van der Waals surface area contributed by atoms with Gasteiger partial charge in [0.2, 0.25) is 0 Å². The van der Waals surface area contributed by atoms with Crippen LogP contribution in [0.5, 0.6) is 11.5 Å². The summed E-state index contributed by atoms with van der Waals surface area (Å²) in [5.74, 6) is 0.381. The van der Waals surface area contributed by atoms with Crippen LogP contribution in [0.4, 0.5) is 13.2 Å². The lowest BCUT2D eigenvalue weighted by molar-refractivity contribution is -0.139. The van der Waals surface area contributed by atoms with Gasteiger partial charge in [-0.2, -0.15) is 13.2 Å². The minimum absolute atomic E-state index is 0.139. The Bertz CT molecular complexity index is 496. The normalized spacial score (nSPS) is 19.9. The molecule has 0 saturated carbocycles. The Kier molecular flexibility index (Phi) is 3.50. The van der Waals surface area contributed by atoms with Crippen LogP contribution in [-0.2, 0) is 6.18 Å². The van der Waals surface area contributed by atoms with Crippen molar-refractivity contribution in [3.63, 3.8) is 0 Å². The van der Waals surface area contributed by atoms with Crippen molar-refractivity contribution in [3.8, 4) is 11.5 Å². The predicted molar refractivity (Wildman–Crippen MR) is 67.3 cm³/mol. The summed E-state index contributed by atoms with van der Waals surface area (Å²) < 4.78 is 49.8. The minimum Gasteiger partial charge on any atom is -0.486 e. The molecule has 1 N–H and O–H groups in total. The van der Waals surface area contributed by atoms with Crippen LogP contribution in [0, 0.1) is 0 Å². The maximum atomic E-state index is 13.0. The minimum atomic E-state index is -4.42. The smallest absolute Gasteiger partial charge is 0.420 e. The lowest BCUT2D eigenvalue weighted by atomic mass is 9.88. The van der Waals surface area contributed by atoms with E-state index in [2.05, 4.69) is 5.32 Å². The Morgan fingerprint density at radius 3 is 2.30 bits per heavy atom. The van der Waals surface area contributed by atoms with E-state index in [1.807, 2.05) is 0 Å². The Hall–Kier alpha value is -1.43.